The lowest BCUT2D eigenvalue weighted by Gasteiger charge is -2.24. The third-order valence-corrected chi connectivity index (χ3v) is 2.45. The number of rotatable bonds is 5. The van der Waals surface area contributed by atoms with Crippen molar-refractivity contribution in [2.45, 2.75) is 13.0 Å². The molecule has 0 aliphatic heterocycles. The fourth-order valence-electron chi connectivity index (χ4n) is 1.40. The number of ether oxygens (including phenoxy) is 1. The Kier molecular flexibility index (Phi) is 4.51. The fourth-order valence-corrected chi connectivity index (χ4v) is 1.40. The van der Waals surface area contributed by atoms with Crippen molar-refractivity contribution in [3.8, 4) is 0 Å². The lowest BCUT2D eigenvalue weighted by molar-refractivity contribution is -0.145. The van der Waals surface area contributed by atoms with Gasteiger partial charge in [-0.1, -0.05) is 30.3 Å². The zero-order valence-electron chi connectivity index (χ0n) is 9.42. The molecule has 4 heteroatoms. The van der Waals surface area contributed by atoms with E-state index in [4.69, 9.17) is 0 Å². The number of nitrogens with zero attached hydrogens (tertiary/aromatic N) is 1. The normalized spacial score (nSPS) is 11.6. The van der Waals surface area contributed by atoms with Crippen molar-refractivity contribution in [3.63, 3.8) is 0 Å². The van der Waals surface area contributed by atoms with Gasteiger partial charge in [0.2, 0.25) is 6.41 Å². The standard InChI is InChI=1S/C12H15NO3/c1-10(11-6-4-3-5-7-11)13(9-14)8-12(15)16-2/h3-7,9-10H,8H2,1-2H3/t10-/m1/s1. The monoisotopic (exact) mass is 221 g/mol. The van der Waals surface area contributed by atoms with Crippen LogP contribution in [0, 0.1) is 0 Å². The molecule has 1 atom stereocenters. The first kappa shape index (κ1) is 12.2. The lowest BCUT2D eigenvalue weighted by Crippen LogP contribution is -2.31. The van der Waals surface area contributed by atoms with Gasteiger partial charge in [-0.25, -0.2) is 0 Å². The SMILES string of the molecule is COC(=O)CN(C=O)[C@H](C)c1ccccc1. The van der Waals surface area contributed by atoms with Gasteiger partial charge in [-0.2, -0.15) is 0 Å². The van der Waals surface area contributed by atoms with E-state index < -0.39 is 5.97 Å². The summed E-state index contributed by atoms with van der Waals surface area (Å²) in [5, 5.41) is 0. The molecule has 16 heavy (non-hydrogen) atoms. The van der Waals surface area contributed by atoms with Gasteiger partial charge in [-0.3, -0.25) is 9.59 Å². The molecule has 1 aromatic carbocycles. The van der Waals surface area contributed by atoms with Gasteiger partial charge < -0.3 is 9.64 Å². The van der Waals surface area contributed by atoms with Gasteiger partial charge in [-0.15, -0.1) is 0 Å². The second-order valence-electron chi connectivity index (χ2n) is 3.44. The highest BCUT2D eigenvalue weighted by atomic mass is 16.5. The van der Waals surface area contributed by atoms with Gasteiger partial charge in [0.25, 0.3) is 0 Å². The predicted molar refractivity (Wildman–Crippen MR) is 59.6 cm³/mol. The summed E-state index contributed by atoms with van der Waals surface area (Å²) in [5.41, 5.74) is 0.985. The minimum absolute atomic E-state index is 0.0317. The second-order valence-corrected chi connectivity index (χ2v) is 3.44. The molecule has 0 N–H and O–H groups in total. The fraction of sp³-hybridized carbons (Fsp3) is 0.333. The Hall–Kier alpha value is -1.84. The van der Waals surface area contributed by atoms with Crippen molar-refractivity contribution >= 4 is 12.4 Å². The number of hydrogen-bond donors (Lipinski definition) is 0. The maximum Gasteiger partial charge on any atom is 0.325 e. The number of amides is 1. The molecule has 0 saturated heterocycles. The molecule has 1 amide bonds. The smallest absolute Gasteiger partial charge is 0.325 e. The van der Waals surface area contributed by atoms with Crippen LogP contribution in [0.4, 0.5) is 0 Å². The number of methoxy groups -OCH3 is 1. The summed E-state index contributed by atoms with van der Waals surface area (Å²) < 4.78 is 4.53. The van der Waals surface area contributed by atoms with Gasteiger partial charge in [-0.05, 0) is 12.5 Å². The van der Waals surface area contributed by atoms with Crippen LogP contribution in [0.25, 0.3) is 0 Å². The summed E-state index contributed by atoms with van der Waals surface area (Å²) in [5.74, 6) is -0.421. The Morgan fingerprint density at radius 1 is 1.44 bits per heavy atom. The molecular weight excluding hydrogens is 206 g/mol. The molecule has 4 nitrogen and oxygen atoms in total. The summed E-state index contributed by atoms with van der Waals surface area (Å²) in [4.78, 5) is 23.4. The molecule has 0 fully saturated rings. The number of hydrogen-bond acceptors (Lipinski definition) is 3. The number of carbonyl (C=O) groups is 2. The Morgan fingerprint density at radius 2 is 2.06 bits per heavy atom. The maximum atomic E-state index is 11.1. The molecule has 0 aliphatic carbocycles. The van der Waals surface area contributed by atoms with Crippen LogP contribution in [-0.4, -0.2) is 30.9 Å². The topological polar surface area (TPSA) is 46.6 Å². The molecule has 0 radical (unpaired) electrons. The van der Waals surface area contributed by atoms with Crippen molar-refractivity contribution in [1.82, 2.24) is 4.90 Å². The van der Waals surface area contributed by atoms with Gasteiger partial charge in [0.05, 0.1) is 13.2 Å². The first-order valence-corrected chi connectivity index (χ1v) is 5.02. The number of benzene rings is 1. The van der Waals surface area contributed by atoms with E-state index in [1.807, 2.05) is 37.3 Å². The zero-order chi connectivity index (χ0) is 12.0. The highest BCUT2D eigenvalue weighted by molar-refractivity contribution is 5.74. The number of carbonyl (C=O) groups excluding carboxylic acids is 2. The molecule has 0 bridgehead atoms. The minimum Gasteiger partial charge on any atom is -0.468 e. The number of esters is 1. The minimum atomic E-state index is -0.421. The highest BCUT2D eigenvalue weighted by Crippen LogP contribution is 2.17. The second kappa shape index (κ2) is 5.90. The van der Waals surface area contributed by atoms with E-state index >= 15 is 0 Å². The van der Waals surface area contributed by atoms with Gasteiger partial charge in [0, 0.05) is 0 Å². The Labute approximate surface area is 94.8 Å². The quantitative estimate of drug-likeness (QED) is 0.557. The van der Waals surface area contributed by atoms with E-state index in [0.717, 1.165) is 5.56 Å². The van der Waals surface area contributed by atoms with Crippen molar-refractivity contribution in [2.24, 2.45) is 0 Å². The Balaban J connectivity index is 2.73. The van der Waals surface area contributed by atoms with Crippen LogP contribution in [0.3, 0.4) is 0 Å². The average molecular weight is 221 g/mol. The zero-order valence-corrected chi connectivity index (χ0v) is 9.42. The third kappa shape index (κ3) is 3.08. The van der Waals surface area contributed by atoms with Crippen molar-refractivity contribution in [1.29, 1.82) is 0 Å². The highest BCUT2D eigenvalue weighted by Gasteiger charge is 2.16. The van der Waals surface area contributed by atoms with Gasteiger partial charge >= 0.3 is 5.97 Å². The maximum absolute atomic E-state index is 11.1. The first-order valence-electron chi connectivity index (χ1n) is 5.02. The van der Waals surface area contributed by atoms with Crippen LogP contribution in [0.1, 0.15) is 18.5 Å². The molecular formula is C12H15NO3. The summed E-state index contributed by atoms with van der Waals surface area (Å²) in [7, 11) is 1.30. The van der Waals surface area contributed by atoms with Crippen LogP contribution in [-0.2, 0) is 14.3 Å². The van der Waals surface area contributed by atoms with Gasteiger partial charge in [0.15, 0.2) is 0 Å². The van der Waals surface area contributed by atoms with E-state index in [1.165, 1.54) is 12.0 Å². The van der Waals surface area contributed by atoms with E-state index in [0.29, 0.717) is 6.41 Å². The lowest BCUT2D eigenvalue weighted by atomic mass is 10.1. The van der Waals surface area contributed by atoms with E-state index in [2.05, 4.69) is 4.74 Å². The molecule has 0 heterocycles. The van der Waals surface area contributed by atoms with Gasteiger partial charge in [0.1, 0.15) is 6.54 Å². The van der Waals surface area contributed by atoms with Crippen LogP contribution in [0.2, 0.25) is 0 Å². The molecule has 0 aliphatic rings. The Bertz CT molecular complexity index is 351. The summed E-state index contributed by atoms with van der Waals surface area (Å²) in [6.07, 6.45) is 0.661. The van der Waals surface area contributed by atoms with Crippen LogP contribution in [0.15, 0.2) is 30.3 Å². The third-order valence-electron chi connectivity index (χ3n) is 2.45. The first-order chi connectivity index (χ1) is 7.69. The van der Waals surface area contributed by atoms with Crippen LogP contribution < -0.4 is 0 Å². The summed E-state index contributed by atoms with van der Waals surface area (Å²) in [6, 6.07) is 9.39. The van der Waals surface area contributed by atoms with Crippen molar-refractivity contribution in [3.05, 3.63) is 35.9 Å². The molecule has 0 aromatic heterocycles. The largest absolute Gasteiger partial charge is 0.468 e. The molecule has 1 rings (SSSR count). The molecule has 0 saturated carbocycles. The Morgan fingerprint density at radius 3 is 2.56 bits per heavy atom. The molecule has 0 unspecified atom stereocenters. The van der Waals surface area contributed by atoms with E-state index in [1.54, 1.807) is 0 Å². The average Bonchev–Trinajstić information content (AvgIpc) is 2.35. The van der Waals surface area contributed by atoms with Crippen molar-refractivity contribution < 1.29 is 14.3 Å². The summed E-state index contributed by atoms with van der Waals surface area (Å²) in [6.45, 7) is 1.84. The molecule has 86 valence electrons. The summed E-state index contributed by atoms with van der Waals surface area (Å²) >= 11 is 0. The van der Waals surface area contributed by atoms with Crippen molar-refractivity contribution in [2.75, 3.05) is 13.7 Å². The van der Waals surface area contributed by atoms with Crippen LogP contribution >= 0.6 is 0 Å². The van der Waals surface area contributed by atoms with E-state index in [-0.39, 0.29) is 12.6 Å². The molecule has 1 aromatic rings. The predicted octanol–water partition coefficient (Wildman–Crippen LogP) is 1.38. The van der Waals surface area contributed by atoms with E-state index in [9.17, 15) is 9.59 Å². The molecule has 0 spiro atoms. The van der Waals surface area contributed by atoms with Crippen LogP contribution in [0.5, 0.6) is 0 Å².